The maximum absolute atomic E-state index is 9.78. The van der Waals surface area contributed by atoms with Gasteiger partial charge in [-0.1, -0.05) is 36.8 Å². The molecule has 2 aliphatic heterocycles. The van der Waals surface area contributed by atoms with E-state index in [0.29, 0.717) is 11.8 Å². The van der Waals surface area contributed by atoms with Crippen molar-refractivity contribution in [2.45, 2.75) is 31.3 Å². The molecule has 3 aliphatic rings. The summed E-state index contributed by atoms with van der Waals surface area (Å²) in [6.45, 7) is 5.51. The molecule has 3 nitrogen and oxygen atoms in total. The SMILES string of the molecule is N#CC1(N2CCCCC2)[C@@H]2CN(Cc3ccccc3)C[C@@H]21. The molecule has 1 unspecified atom stereocenters. The van der Waals surface area contributed by atoms with E-state index in [-0.39, 0.29) is 5.54 Å². The summed E-state index contributed by atoms with van der Waals surface area (Å²) in [6.07, 6.45) is 3.89. The number of benzene rings is 1. The minimum atomic E-state index is -0.104. The summed E-state index contributed by atoms with van der Waals surface area (Å²) >= 11 is 0. The molecule has 3 atom stereocenters. The maximum atomic E-state index is 9.78. The van der Waals surface area contributed by atoms with Crippen LogP contribution in [0.2, 0.25) is 0 Å². The lowest BCUT2D eigenvalue weighted by atomic mass is 10.0. The number of hydrogen-bond acceptors (Lipinski definition) is 3. The van der Waals surface area contributed by atoms with Crippen molar-refractivity contribution >= 4 is 0 Å². The molecule has 3 fully saturated rings. The van der Waals surface area contributed by atoms with E-state index in [1.165, 1.54) is 24.8 Å². The highest BCUT2D eigenvalue weighted by Crippen LogP contribution is 2.59. The van der Waals surface area contributed by atoms with Crippen LogP contribution >= 0.6 is 0 Å². The van der Waals surface area contributed by atoms with Gasteiger partial charge in [0.2, 0.25) is 0 Å². The van der Waals surface area contributed by atoms with Crippen molar-refractivity contribution in [2.24, 2.45) is 11.8 Å². The average molecular weight is 281 g/mol. The van der Waals surface area contributed by atoms with E-state index in [1.54, 1.807) is 0 Å². The van der Waals surface area contributed by atoms with Crippen LogP contribution in [-0.4, -0.2) is 41.5 Å². The number of rotatable bonds is 3. The van der Waals surface area contributed by atoms with Gasteiger partial charge in [-0.15, -0.1) is 0 Å². The van der Waals surface area contributed by atoms with Crippen LogP contribution in [0.3, 0.4) is 0 Å². The van der Waals surface area contributed by atoms with E-state index in [9.17, 15) is 5.26 Å². The zero-order chi connectivity index (χ0) is 14.3. The predicted octanol–water partition coefficient (Wildman–Crippen LogP) is 2.50. The van der Waals surface area contributed by atoms with Gasteiger partial charge in [0.1, 0.15) is 5.54 Å². The number of likely N-dealkylation sites (tertiary alicyclic amines) is 2. The van der Waals surface area contributed by atoms with Crippen LogP contribution in [0.15, 0.2) is 30.3 Å². The van der Waals surface area contributed by atoms with Gasteiger partial charge >= 0.3 is 0 Å². The topological polar surface area (TPSA) is 30.3 Å². The first-order valence-electron chi connectivity index (χ1n) is 8.27. The summed E-state index contributed by atoms with van der Waals surface area (Å²) in [6, 6.07) is 13.4. The van der Waals surface area contributed by atoms with Crippen LogP contribution in [0.5, 0.6) is 0 Å². The molecule has 4 rings (SSSR count). The normalized spacial score (nSPS) is 36.1. The highest BCUT2D eigenvalue weighted by Gasteiger charge is 2.71. The van der Waals surface area contributed by atoms with Gasteiger partial charge in [0.15, 0.2) is 0 Å². The van der Waals surface area contributed by atoms with E-state index in [4.69, 9.17) is 0 Å². The summed E-state index contributed by atoms with van der Waals surface area (Å²) in [5, 5.41) is 9.78. The van der Waals surface area contributed by atoms with Crippen LogP contribution in [0.25, 0.3) is 0 Å². The first kappa shape index (κ1) is 13.3. The number of hydrogen-bond donors (Lipinski definition) is 0. The Morgan fingerprint density at radius 3 is 2.33 bits per heavy atom. The largest absolute Gasteiger partial charge is 0.298 e. The number of fused-ring (bicyclic) bond motifs is 1. The van der Waals surface area contributed by atoms with Gasteiger partial charge in [-0.05, 0) is 31.5 Å². The minimum absolute atomic E-state index is 0.104. The van der Waals surface area contributed by atoms with Crippen LogP contribution in [-0.2, 0) is 6.54 Å². The molecule has 1 aliphatic carbocycles. The van der Waals surface area contributed by atoms with E-state index in [2.05, 4.69) is 46.2 Å². The highest BCUT2D eigenvalue weighted by molar-refractivity contribution is 5.34. The molecule has 0 aromatic heterocycles. The van der Waals surface area contributed by atoms with Crippen LogP contribution in [0.4, 0.5) is 0 Å². The maximum Gasteiger partial charge on any atom is 0.118 e. The molecule has 0 N–H and O–H groups in total. The van der Waals surface area contributed by atoms with Gasteiger partial charge in [0, 0.05) is 31.5 Å². The summed E-state index contributed by atoms with van der Waals surface area (Å²) in [7, 11) is 0. The Kier molecular flexibility index (Phi) is 3.24. The lowest BCUT2D eigenvalue weighted by Crippen LogP contribution is -2.46. The fraction of sp³-hybridized carbons (Fsp3) is 0.611. The van der Waals surface area contributed by atoms with Gasteiger partial charge < -0.3 is 0 Å². The van der Waals surface area contributed by atoms with Crippen molar-refractivity contribution in [1.82, 2.24) is 9.80 Å². The third-order valence-electron chi connectivity index (χ3n) is 5.72. The third kappa shape index (κ3) is 2.09. The Bertz CT molecular complexity index is 529. The van der Waals surface area contributed by atoms with Gasteiger partial charge in [0.25, 0.3) is 0 Å². The Hall–Kier alpha value is -1.37. The Morgan fingerprint density at radius 1 is 1.05 bits per heavy atom. The van der Waals surface area contributed by atoms with E-state index >= 15 is 0 Å². The summed E-state index contributed by atoms with van der Waals surface area (Å²) < 4.78 is 0. The zero-order valence-corrected chi connectivity index (χ0v) is 12.5. The van der Waals surface area contributed by atoms with Gasteiger partial charge in [-0.2, -0.15) is 5.26 Å². The minimum Gasteiger partial charge on any atom is -0.298 e. The van der Waals surface area contributed by atoms with E-state index < -0.39 is 0 Å². The van der Waals surface area contributed by atoms with Crippen molar-refractivity contribution < 1.29 is 0 Å². The van der Waals surface area contributed by atoms with Gasteiger partial charge in [0.05, 0.1) is 6.07 Å². The summed E-state index contributed by atoms with van der Waals surface area (Å²) in [5.41, 5.74) is 1.28. The van der Waals surface area contributed by atoms with E-state index in [1.807, 2.05) is 0 Å². The number of piperidine rings is 2. The van der Waals surface area contributed by atoms with Crippen LogP contribution in [0.1, 0.15) is 24.8 Å². The average Bonchev–Trinajstić information content (AvgIpc) is 2.93. The second-order valence-electron chi connectivity index (χ2n) is 6.88. The van der Waals surface area contributed by atoms with Crippen molar-refractivity contribution in [2.75, 3.05) is 26.2 Å². The second-order valence-corrected chi connectivity index (χ2v) is 6.88. The molecule has 1 saturated carbocycles. The molecule has 110 valence electrons. The smallest absolute Gasteiger partial charge is 0.118 e. The van der Waals surface area contributed by atoms with Crippen molar-refractivity contribution in [3.05, 3.63) is 35.9 Å². The van der Waals surface area contributed by atoms with Crippen LogP contribution in [0, 0.1) is 23.2 Å². The molecular formula is C18H23N3. The first-order chi connectivity index (χ1) is 10.3. The molecular weight excluding hydrogens is 258 g/mol. The molecule has 0 spiro atoms. The quantitative estimate of drug-likeness (QED) is 0.853. The standard InChI is InChI=1S/C18H23N3/c19-14-18(21-9-5-2-6-10-21)16-12-20(13-17(16)18)11-15-7-3-1-4-8-15/h1,3-4,7-8,16-17H,2,5-6,9-13H2/t16-,17+,18?. The molecule has 2 heterocycles. The monoisotopic (exact) mass is 281 g/mol. The summed E-state index contributed by atoms with van der Waals surface area (Å²) in [5.74, 6) is 1.17. The molecule has 0 bridgehead atoms. The number of nitriles is 1. The van der Waals surface area contributed by atoms with Crippen molar-refractivity contribution in [1.29, 1.82) is 5.26 Å². The predicted molar refractivity (Wildman–Crippen MR) is 82.5 cm³/mol. The Labute approximate surface area is 127 Å². The lowest BCUT2D eigenvalue weighted by Gasteiger charge is -2.35. The summed E-state index contributed by atoms with van der Waals surface area (Å²) in [4.78, 5) is 5.04. The highest BCUT2D eigenvalue weighted by atomic mass is 15.3. The Morgan fingerprint density at radius 2 is 1.71 bits per heavy atom. The second kappa shape index (κ2) is 5.12. The van der Waals surface area contributed by atoms with Crippen LogP contribution < -0.4 is 0 Å². The third-order valence-corrected chi connectivity index (χ3v) is 5.72. The molecule has 2 saturated heterocycles. The molecule has 0 radical (unpaired) electrons. The van der Waals surface area contributed by atoms with Gasteiger partial charge in [-0.3, -0.25) is 9.80 Å². The molecule has 3 heteroatoms. The van der Waals surface area contributed by atoms with Crippen molar-refractivity contribution in [3.8, 4) is 6.07 Å². The Balaban J connectivity index is 1.41. The zero-order valence-electron chi connectivity index (χ0n) is 12.5. The van der Waals surface area contributed by atoms with Gasteiger partial charge in [-0.25, -0.2) is 0 Å². The molecule has 21 heavy (non-hydrogen) atoms. The fourth-order valence-electron chi connectivity index (χ4n) is 4.63. The first-order valence-corrected chi connectivity index (χ1v) is 8.27. The fourth-order valence-corrected chi connectivity index (χ4v) is 4.63. The van der Waals surface area contributed by atoms with E-state index in [0.717, 1.165) is 32.7 Å². The molecule has 1 aromatic carbocycles. The van der Waals surface area contributed by atoms with Crippen molar-refractivity contribution in [3.63, 3.8) is 0 Å². The lowest BCUT2D eigenvalue weighted by molar-refractivity contribution is 0.131. The molecule has 0 amide bonds. The molecule has 1 aromatic rings. The number of nitrogens with zero attached hydrogens (tertiary/aromatic N) is 3.